The van der Waals surface area contributed by atoms with Crippen molar-refractivity contribution in [3.8, 4) is 11.5 Å². The molecule has 35 heavy (non-hydrogen) atoms. The summed E-state index contributed by atoms with van der Waals surface area (Å²) in [4.78, 5) is 47.5. The average molecular weight is 508 g/mol. The molecule has 0 aliphatic heterocycles. The molecule has 0 saturated carbocycles. The number of carboxylic acids is 2. The number of aromatic nitrogens is 1. The van der Waals surface area contributed by atoms with Gasteiger partial charge >= 0.3 is 11.9 Å². The lowest BCUT2D eigenvalue weighted by Crippen LogP contribution is -2.43. The van der Waals surface area contributed by atoms with Crippen LogP contribution in [-0.2, 0) is 25.7 Å². The highest BCUT2D eigenvalue weighted by Gasteiger charge is 2.27. The largest absolute Gasteiger partial charge is 0.481 e. The van der Waals surface area contributed by atoms with E-state index in [2.05, 4.69) is 17.9 Å². The van der Waals surface area contributed by atoms with Gasteiger partial charge in [0.1, 0.15) is 11.8 Å². The molecule has 0 aromatic carbocycles. The molecular formula is C24H33N3O7S. The number of hydrogen-bond acceptors (Lipinski definition) is 7. The number of ketones is 1. The first-order chi connectivity index (χ1) is 16.7. The Bertz CT molecular complexity index is 974. The molecule has 0 aliphatic rings. The number of carboxylic acid groups (broad SMARTS) is 2. The minimum absolute atomic E-state index is 0.0657. The van der Waals surface area contributed by atoms with Crippen molar-refractivity contribution in [2.45, 2.75) is 63.6 Å². The number of nitrogens with zero attached hydrogens (tertiary/aromatic N) is 1. The van der Waals surface area contributed by atoms with E-state index < -0.39 is 35.8 Å². The third kappa shape index (κ3) is 9.25. The number of amides is 1. The lowest BCUT2D eigenvalue weighted by molar-refractivity contribution is -0.144. The van der Waals surface area contributed by atoms with Gasteiger partial charge in [-0.3, -0.25) is 19.2 Å². The lowest BCUT2D eigenvalue weighted by Gasteiger charge is -2.20. The van der Waals surface area contributed by atoms with Gasteiger partial charge in [0, 0.05) is 25.6 Å². The summed E-state index contributed by atoms with van der Waals surface area (Å²) in [6.07, 6.45) is 5.03. The van der Waals surface area contributed by atoms with Crippen LogP contribution in [-0.4, -0.2) is 56.2 Å². The average Bonchev–Trinajstić information content (AvgIpc) is 3.50. The summed E-state index contributed by atoms with van der Waals surface area (Å²) in [6, 6.07) is 5.51. The molecule has 3 unspecified atom stereocenters. The molecule has 3 atom stereocenters. The number of carbonyl (C=O) groups is 4. The van der Waals surface area contributed by atoms with Gasteiger partial charge in [-0.25, -0.2) is 0 Å². The monoisotopic (exact) mass is 507 g/mol. The number of nitrogens with one attached hydrogen (secondary N) is 1. The molecule has 5 N–H and O–H groups in total. The van der Waals surface area contributed by atoms with Gasteiger partial charge in [0.2, 0.25) is 5.91 Å². The van der Waals surface area contributed by atoms with E-state index >= 15 is 0 Å². The van der Waals surface area contributed by atoms with E-state index in [0.717, 1.165) is 17.9 Å². The lowest BCUT2D eigenvalue weighted by atomic mass is 9.92. The summed E-state index contributed by atoms with van der Waals surface area (Å²) in [5.74, 6) is -2.95. The van der Waals surface area contributed by atoms with Crippen LogP contribution in [0, 0.1) is 5.92 Å². The third-order valence-electron chi connectivity index (χ3n) is 5.74. The SMILES string of the molecule is NC(CCC(=O)NC(CCS)C(=O)CC(CCCCn1cccc1-c1ccco1)C(=O)O)C(=O)O. The molecule has 10 nitrogen and oxygen atoms in total. The molecule has 0 fully saturated rings. The number of thiol groups is 1. The first-order valence-corrected chi connectivity index (χ1v) is 12.2. The Kier molecular flexibility index (Phi) is 11.6. The standard InChI is InChI=1S/C24H33N3O7S/c25-17(24(32)33)8-9-22(29)26-18(10-14-35)20(28)15-16(23(30)31)5-1-2-11-27-12-3-6-19(27)21-7-4-13-34-21/h3-4,6-7,12-13,16-18,35H,1-2,5,8-11,14-15,25H2,(H,26,29)(H,30,31)(H,32,33). The highest BCUT2D eigenvalue weighted by Crippen LogP contribution is 2.22. The molecule has 192 valence electrons. The Morgan fingerprint density at radius 1 is 1.06 bits per heavy atom. The van der Waals surface area contributed by atoms with E-state index in [0.29, 0.717) is 25.1 Å². The molecule has 0 spiro atoms. The van der Waals surface area contributed by atoms with E-state index in [4.69, 9.17) is 15.3 Å². The van der Waals surface area contributed by atoms with Crippen LogP contribution in [0.5, 0.6) is 0 Å². The molecule has 2 heterocycles. The Hall–Kier alpha value is -3.05. The molecule has 1 amide bonds. The summed E-state index contributed by atoms with van der Waals surface area (Å²) in [5, 5.41) is 21.0. The fraction of sp³-hybridized carbons (Fsp3) is 0.500. The number of unbranched alkanes of at least 4 members (excludes halogenated alkanes) is 1. The minimum atomic E-state index is -1.21. The van der Waals surface area contributed by atoms with Gasteiger partial charge in [0.05, 0.1) is 23.9 Å². The second-order valence-corrected chi connectivity index (χ2v) is 8.83. The number of furan rings is 1. The van der Waals surface area contributed by atoms with E-state index in [1.165, 1.54) is 0 Å². The smallest absolute Gasteiger partial charge is 0.320 e. The van der Waals surface area contributed by atoms with Gasteiger partial charge in [-0.15, -0.1) is 0 Å². The molecule has 0 radical (unpaired) electrons. The van der Waals surface area contributed by atoms with Gasteiger partial charge in [-0.05, 0) is 55.7 Å². The Morgan fingerprint density at radius 2 is 1.83 bits per heavy atom. The third-order valence-corrected chi connectivity index (χ3v) is 6.00. The van der Waals surface area contributed by atoms with Gasteiger partial charge < -0.3 is 30.2 Å². The van der Waals surface area contributed by atoms with Crippen LogP contribution in [0.3, 0.4) is 0 Å². The zero-order valence-electron chi connectivity index (χ0n) is 19.5. The predicted molar refractivity (Wildman–Crippen MR) is 132 cm³/mol. The topological polar surface area (TPSA) is 165 Å². The zero-order chi connectivity index (χ0) is 25.8. The van der Waals surface area contributed by atoms with Crippen LogP contribution in [0.25, 0.3) is 11.5 Å². The number of hydrogen-bond donors (Lipinski definition) is 5. The highest BCUT2D eigenvalue weighted by atomic mass is 32.1. The minimum Gasteiger partial charge on any atom is -0.481 e. The fourth-order valence-corrected chi connectivity index (χ4v) is 4.01. The van der Waals surface area contributed by atoms with Crippen molar-refractivity contribution in [2.24, 2.45) is 11.7 Å². The first kappa shape index (κ1) is 28.2. The number of aliphatic carboxylic acids is 2. The van der Waals surface area contributed by atoms with E-state index in [-0.39, 0.29) is 31.5 Å². The number of Topliss-reactive ketones (excluding diaryl/α,β-unsaturated/α-hetero) is 1. The molecule has 11 heteroatoms. The second-order valence-electron chi connectivity index (χ2n) is 8.38. The number of rotatable bonds is 17. The maximum absolute atomic E-state index is 12.8. The Morgan fingerprint density at radius 3 is 2.46 bits per heavy atom. The van der Waals surface area contributed by atoms with Crippen molar-refractivity contribution in [2.75, 3.05) is 5.75 Å². The normalized spacial score (nSPS) is 13.7. The van der Waals surface area contributed by atoms with Crippen molar-refractivity contribution >= 4 is 36.3 Å². The molecule has 0 saturated heterocycles. The van der Waals surface area contributed by atoms with Crippen LogP contribution >= 0.6 is 12.6 Å². The first-order valence-electron chi connectivity index (χ1n) is 11.6. The van der Waals surface area contributed by atoms with Gasteiger partial charge in [-0.2, -0.15) is 12.6 Å². The van der Waals surface area contributed by atoms with Gasteiger partial charge in [-0.1, -0.05) is 6.42 Å². The van der Waals surface area contributed by atoms with Crippen molar-refractivity contribution in [1.82, 2.24) is 9.88 Å². The quantitative estimate of drug-likeness (QED) is 0.161. The maximum Gasteiger partial charge on any atom is 0.320 e. The summed E-state index contributed by atoms with van der Waals surface area (Å²) >= 11 is 4.12. The van der Waals surface area contributed by atoms with Crippen LogP contribution in [0.4, 0.5) is 0 Å². The van der Waals surface area contributed by atoms with Crippen LogP contribution in [0.1, 0.15) is 44.9 Å². The molecule has 0 bridgehead atoms. The fourth-order valence-electron chi connectivity index (χ4n) is 3.75. The number of nitrogens with two attached hydrogens (primary N) is 1. The summed E-state index contributed by atoms with van der Waals surface area (Å²) in [7, 11) is 0. The summed E-state index contributed by atoms with van der Waals surface area (Å²) in [6.45, 7) is 0.681. The van der Waals surface area contributed by atoms with Crippen LogP contribution in [0.15, 0.2) is 41.1 Å². The summed E-state index contributed by atoms with van der Waals surface area (Å²) in [5.41, 5.74) is 6.34. The molecule has 2 aromatic heterocycles. The van der Waals surface area contributed by atoms with Crippen molar-refractivity contribution in [1.29, 1.82) is 0 Å². The Balaban J connectivity index is 1.85. The second kappa shape index (κ2) is 14.4. The predicted octanol–water partition coefficient (Wildman–Crippen LogP) is 2.58. The highest BCUT2D eigenvalue weighted by molar-refractivity contribution is 7.80. The molecular weight excluding hydrogens is 474 g/mol. The summed E-state index contributed by atoms with van der Waals surface area (Å²) < 4.78 is 7.48. The van der Waals surface area contributed by atoms with Crippen molar-refractivity contribution in [3.05, 3.63) is 36.7 Å². The van der Waals surface area contributed by atoms with E-state index in [9.17, 15) is 24.3 Å². The molecule has 2 rings (SSSR count). The van der Waals surface area contributed by atoms with Crippen molar-refractivity contribution < 1.29 is 33.8 Å². The van der Waals surface area contributed by atoms with E-state index in [1.54, 1.807) is 6.26 Å². The Labute approximate surface area is 209 Å². The number of aryl methyl sites for hydroxylation is 1. The van der Waals surface area contributed by atoms with Crippen LogP contribution in [0.2, 0.25) is 0 Å². The maximum atomic E-state index is 12.8. The number of carbonyl (C=O) groups excluding carboxylic acids is 2. The zero-order valence-corrected chi connectivity index (χ0v) is 20.4. The van der Waals surface area contributed by atoms with Gasteiger partial charge in [0.15, 0.2) is 5.78 Å². The van der Waals surface area contributed by atoms with Crippen LogP contribution < -0.4 is 11.1 Å². The van der Waals surface area contributed by atoms with E-state index in [1.807, 2.05) is 35.0 Å². The molecule has 2 aromatic rings. The van der Waals surface area contributed by atoms with Crippen molar-refractivity contribution in [3.63, 3.8) is 0 Å². The van der Waals surface area contributed by atoms with Gasteiger partial charge in [0.25, 0.3) is 0 Å². The molecule has 0 aliphatic carbocycles.